The van der Waals surface area contributed by atoms with Gasteiger partial charge in [0.05, 0.1) is 21.5 Å². The molecule has 0 radical (unpaired) electrons. The molecule has 0 fully saturated rings. The van der Waals surface area contributed by atoms with Crippen molar-refractivity contribution in [1.82, 2.24) is 9.55 Å². The fourth-order valence-electron chi connectivity index (χ4n) is 1.48. The number of aromatic nitrogens is 2. The van der Waals surface area contributed by atoms with Crippen molar-refractivity contribution in [3.63, 3.8) is 0 Å². The maximum Gasteiger partial charge on any atom is 0.313 e. The Morgan fingerprint density at radius 3 is 2.80 bits per heavy atom. The van der Waals surface area contributed by atoms with Crippen LogP contribution in [0.25, 0.3) is 5.69 Å². The first kappa shape index (κ1) is 14.9. The molecule has 1 aromatic carbocycles. The molecular weight excluding hydrogens is 323 g/mol. The van der Waals surface area contributed by atoms with Gasteiger partial charge >= 0.3 is 5.97 Å². The molecule has 0 saturated carbocycles. The van der Waals surface area contributed by atoms with Gasteiger partial charge in [0.2, 0.25) is 0 Å². The van der Waals surface area contributed by atoms with Crippen LogP contribution in [0.3, 0.4) is 0 Å². The lowest BCUT2D eigenvalue weighted by Crippen LogP contribution is -2.13. The molecule has 0 aliphatic rings. The van der Waals surface area contributed by atoms with Gasteiger partial charge in [0.25, 0.3) is 5.56 Å². The molecule has 0 unspecified atom stereocenters. The third-order valence-electron chi connectivity index (χ3n) is 2.29. The molecule has 2 rings (SSSR count). The molecule has 1 aromatic heterocycles. The number of aliphatic carboxylic acids is 1. The second-order valence-corrected chi connectivity index (χ2v) is 5.40. The predicted molar refractivity (Wildman–Crippen MR) is 78.2 cm³/mol. The molecule has 0 saturated heterocycles. The number of hydrogen-bond acceptors (Lipinski definition) is 4. The Hall–Kier alpha value is -1.50. The summed E-state index contributed by atoms with van der Waals surface area (Å²) >= 11 is 13.0. The maximum absolute atomic E-state index is 11.3. The lowest BCUT2D eigenvalue weighted by molar-refractivity contribution is -0.133. The first-order chi connectivity index (χ1) is 9.49. The molecule has 0 spiro atoms. The third-order valence-corrected chi connectivity index (χ3v) is 4.04. The van der Waals surface area contributed by atoms with Crippen LogP contribution in [0.2, 0.25) is 10.0 Å². The zero-order valence-corrected chi connectivity index (χ0v) is 12.2. The van der Waals surface area contributed by atoms with E-state index in [9.17, 15) is 9.59 Å². The van der Waals surface area contributed by atoms with Gasteiger partial charge in [0.15, 0.2) is 5.16 Å². The lowest BCUT2D eigenvalue weighted by atomic mass is 10.3. The molecule has 0 aliphatic heterocycles. The number of carbonyl (C=O) groups is 1. The van der Waals surface area contributed by atoms with Crippen LogP contribution < -0.4 is 5.56 Å². The minimum atomic E-state index is -1.00. The molecule has 8 heteroatoms. The smallest absolute Gasteiger partial charge is 0.313 e. The number of hydrogen-bond donors (Lipinski definition) is 1. The summed E-state index contributed by atoms with van der Waals surface area (Å²) in [5.41, 5.74) is 0.0758. The molecule has 0 aliphatic carbocycles. The molecule has 0 bridgehead atoms. The maximum atomic E-state index is 11.3. The Morgan fingerprint density at radius 2 is 2.10 bits per heavy atom. The van der Waals surface area contributed by atoms with Crippen molar-refractivity contribution >= 4 is 40.9 Å². The topological polar surface area (TPSA) is 72.2 Å². The summed E-state index contributed by atoms with van der Waals surface area (Å²) in [6.45, 7) is 0. The highest BCUT2D eigenvalue weighted by atomic mass is 35.5. The highest BCUT2D eigenvalue weighted by Crippen LogP contribution is 2.30. The van der Waals surface area contributed by atoms with E-state index in [1.807, 2.05) is 0 Å². The highest BCUT2D eigenvalue weighted by molar-refractivity contribution is 7.99. The van der Waals surface area contributed by atoms with Gasteiger partial charge in [-0.15, -0.1) is 0 Å². The Kier molecular flexibility index (Phi) is 4.69. The molecule has 0 amide bonds. The molecule has 5 nitrogen and oxygen atoms in total. The van der Waals surface area contributed by atoms with Crippen LogP contribution in [-0.4, -0.2) is 26.4 Å². The molecule has 2 aromatic rings. The fourth-order valence-corrected chi connectivity index (χ4v) is 2.57. The van der Waals surface area contributed by atoms with E-state index in [-0.39, 0.29) is 10.9 Å². The Labute approximate surface area is 128 Å². The quantitative estimate of drug-likeness (QED) is 0.689. The van der Waals surface area contributed by atoms with Gasteiger partial charge in [-0.1, -0.05) is 41.0 Å². The van der Waals surface area contributed by atoms with Crippen LogP contribution in [0.4, 0.5) is 0 Å². The van der Waals surface area contributed by atoms with Crippen LogP contribution >= 0.6 is 35.0 Å². The number of halogens is 2. The van der Waals surface area contributed by atoms with Crippen LogP contribution in [0, 0.1) is 0 Å². The predicted octanol–water partition coefficient (Wildman–Crippen LogP) is 2.72. The summed E-state index contributed by atoms with van der Waals surface area (Å²) in [4.78, 5) is 25.8. The fraction of sp³-hybridized carbons (Fsp3) is 0.0833. The van der Waals surface area contributed by atoms with E-state index in [4.69, 9.17) is 28.3 Å². The molecular formula is C12H8Cl2N2O3S. The largest absolute Gasteiger partial charge is 0.481 e. The van der Waals surface area contributed by atoms with Crippen molar-refractivity contribution in [2.45, 2.75) is 5.16 Å². The molecule has 0 atom stereocenters. The van der Waals surface area contributed by atoms with Crippen molar-refractivity contribution in [3.8, 4) is 5.69 Å². The number of carboxylic acid groups (broad SMARTS) is 1. The van der Waals surface area contributed by atoms with E-state index < -0.39 is 11.5 Å². The van der Waals surface area contributed by atoms with Crippen molar-refractivity contribution in [1.29, 1.82) is 0 Å². The highest BCUT2D eigenvalue weighted by Gasteiger charge is 2.12. The summed E-state index contributed by atoms with van der Waals surface area (Å²) in [5.74, 6) is -1.22. The van der Waals surface area contributed by atoms with Gasteiger partial charge < -0.3 is 5.11 Å². The first-order valence-electron chi connectivity index (χ1n) is 5.37. The Bertz CT molecular complexity index is 718. The second-order valence-electron chi connectivity index (χ2n) is 3.67. The standard InChI is InChI=1S/C12H8Cl2N2O3S/c13-7-2-1-3-8(11(7)14)16-5-4-9(17)15-12(16)20-6-10(18)19/h1-5H,6H2,(H,18,19). The van der Waals surface area contributed by atoms with E-state index in [0.29, 0.717) is 15.7 Å². The average Bonchev–Trinajstić information content (AvgIpc) is 2.40. The van der Waals surface area contributed by atoms with Crippen molar-refractivity contribution in [3.05, 3.63) is 50.9 Å². The second kappa shape index (κ2) is 6.30. The van der Waals surface area contributed by atoms with Gasteiger partial charge in [0.1, 0.15) is 0 Å². The number of carboxylic acids is 1. The van der Waals surface area contributed by atoms with Crippen molar-refractivity contribution in [2.24, 2.45) is 0 Å². The molecule has 1 N–H and O–H groups in total. The zero-order valence-electron chi connectivity index (χ0n) is 9.92. The van der Waals surface area contributed by atoms with Gasteiger partial charge in [0, 0.05) is 12.3 Å². The molecule has 20 heavy (non-hydrogen) atoms. The van der Waals surface area contributed by atoms with Crippen LogP contribution in [0.5, 0.6) is 0 Å². The van der Waals surface area contributed by atoms with E-state index in [1.54, 1.807) is 18.2 Å². The van der Waals surface area contributed by atoms with Crippen LogP contribution in [-0.2, 0) is 4.79 Å². The van der Waals surface area contributed by atoms with Crippen LogP contribution in [0.1, 0.15) is 0 Å². The SMILES string of the molecule is O=C(O)CSc1nc(=O)ccn1-c1cccc(Cl)c1Cl. The van der Waals surface area contributed by atoms with Gasteiger partial charge in [-0.25, -0.2) is 0 Å². The Balaban J connectivity index is 2.53. The van der Waals surface area contributed by atoms with E-state index in [2.05, 4.69) is 4.98 Å². The normalized spacial score (nSPS) is 10.5. The summed E-state index contributed by atoms with van der Waals surface area (Å²) in [6.07, 6.45) is 1.48. The van der Waals surface area contributed by atoms with Gasteiger partial charge in [-0.05, 0) is 12.1 Å². The summed E-state index contributed by atoms with van der Waals surface area (Å²) in [7, 11) is 0. The molecule has 104 valence electrons. The molecule has 1 heterocycles. The number of rotatable bonds is 4. The summed E-state index contributed by atoms with van der Waals surface area (Å²) in [6, 6.07) is 6.30. The van der Waals surface area contributed by atoms with Gasteiger partial charge in [-0.3, -0.25) is 14.2 Å². The summed E-state index contributed by atoms with van der Waals surface area (Å²) < 4.78 is 1.53. The van der Waals surface area contributed by atoms with Gasteiger partial charge in [-0.2, -0.15) is 4.98 Å². The van der Waals surface area contributed by atoms with Crippen LogP contribution in [0.15, 0.2) is 40.4 Å². The third kappa shape index (κ3) is 3.33. The minimum absolute atomic E-state index is 0.214. The number of thioether (sulfide) groups is 1. The van der Waals surface area contributed by atoms with E-state index >= 15 is 0 Å². The monoisotopic (exact) mass is 330 g/mol. The van der Waals surface area contributed by atoms with E-state index in [0.717, 1.165) is 11.8 Å². The first-order valence-corrected chi connectivity index (χ1v) is 7.12. The van der Waals surface area contributed by atoms with Crippen molar-refractivity contribution < 1.29 is 9.90 Å². The number of benzene rings is 1. The Morgan fingerprint density at radius 1 is 1.35 bits per heavy atom. The lowest BCUT2D eigenvalue weighted by Gasteiger charge is -2.13. The minimum Gasteiger partial charge on any atom is -0.481 e. The average molecular weight is 331 g/mol. The summed E-state index contributed by atoms with van der Waals surface area (Å²) in [5, 5.41) is 9.62. The van der Waals surface area contributed by atoms with E-state index in [1.165, 1.54) is 16.8 Å². The number of nitrogens with zero attached hydrogens (tertiary/aromatic N) is 2. The zero-order chi connectivity index (χ0) is 14.7. The van der Waals surface area contributed by atoms with Crippen molar-refractivity contribution in [2.75, 3.05) is 5.75 Å².